The van der Waals surface area contributed by atoms with Gasteiger partial charge in [-0.2, -0.15) is 0 Å². The first-order valence-corrected chi connectivity index (χ1v) is 13.8. The molecule has 0 aliphatic heterocycles. The summed E-state index contributed by atoms with van der Waals surface area (Å²) < 4.78 is 5.41. The lowest BCUT2D eigenvalue weighted by atomic mass is 9.77. The molecule has 0 aromatic heterocycles. The van der Waals surface area contributed by atoms with E-state index in [9.17, 15) is 14.7 Å². The van der Waals surface area contributed by atoms with E-state index in [-0.39, 0.29) is 41.5 Å². The molecule has 1 aromatic carbocycles. The molecule has 0 spiro atoms. The number of rotatable bonds is 14. The summed E-state index contributed by atoms with van der Waals surface area (Å²) in [7, 11) is 0. The SMILES string of the molecule is CCCCNC(=O)[C@H](C)C[C@H](O)[C@@H](N)C[C@H](Cc1ccc(C(C)(C)C)c(C(=O)OCC)c1C)C(C)C.Cl. The van der Waals surface area contributed by atoms with Crippen LogP contribution in [-0.2, 0) is 21.4 Å². The largest absolute Gasteiger partial charge is 0.462 e. The van der Waals surface area contributed by atoms with E-state index in [2.05, 4.69) is 59.0 Å². The molecular formula is C30H53ClN2O4. The minimum absolute atomic E-state index is 0. The second-order valence-corrected chi connectivity index (χ2v) is 11.7. The second kappa shape index (κ2) is 16.4. The lowest BCUT2D eigenvalue weighted by molar-refractivity contribution is -0.125. The fourth-order valence-corrected chi connectivity index (χ4v) is 4.65. The summed E-state index contributed by atoms with van der Waals surface area (Å²) in [6, 6.07) is 3.75. The molecule has 4 atom stereocenters. The first-order valence-electron chi connectivity index (χ1n) is 13.8. The average molecular weight is 541 g/mol. The van der Waals surface area contributed by atoms with Crippen molar-refractivity contribution in [3.8, 4) is 0 Å². The van der Waals surface area contributed by atoms with E-state index in [0.717, 1.165) is 36.0 Å². The molecule has 4 N–H and O–H groups in total. The van der Waals surface area contributed by atoms with Crippen LogP contribution in [0.3, 0.4) is 0 Å². The van der Waals surface area contributed by atoms with Crippen molar-refractivity contribution < 1.29 is 19.4 Å². The van der Waals surface area contributed by atoms with Crippen LogP contribution in [0.15, 0.2) is 12.1 Å². The third kappa shape index (κ3) is 10.9. The maximum Gasteiger partial charge on any atom is 0.338 e. The Morgan fingerprint density at radius 1 is 1.11 bits per heavy atom. The highest BCUT2D eigenvalue weighted by Gasteiger charge is 2.29. The Morgan fingerprint density at radius 2 is 1.73 bits per heavy atom. The highest BCUT2D eigenvalue weighted by Crippen LogP contribution is 2.33. The molecule has 1 aromatic rings. The van der Waals surface area contributed by atoms with E-state index in [1.807, 2.05) is 20.8 Å². The van der Waals surface area contributed by atoms with Crippen LogP contribution in [0, 0.1) is 24.7 Å². The van der Waals surface area contributed by atoms with Crippen LogP contribution in [-0.4, -0.2) is 42.3 Å². The van der Waals surface area contributed by atoms with Crippen molar-refractivity contribution in [2.75, 3.05) is 13.2 Å². The van der Waals surface area contributed by atoms with Crippen LogP contribution in [0.5, 0.6) is 0 Å². The number of aliphatic hydroxyl groups is 1. The number of unbranched alkanes of at least 4 members (excludes halogenated alkanes) is 1. The number of nitrogens with two attached hydrogens (primary N) is 1. The van der Waals surface area contributed by atoms with Gasteiger partial charge in [0, 0.05) is 18.5 Å². The van der Waals surface area contributed by atoms with Gasteiger partial charge in [-0.25, -0.2) is 4.79 Å². The van der Waals surface area contributed by atoms with Crippen LogP contribution >= 0.6 is 12.4 Å². The Kier molecular flexibility index (Phi) is 15.6. The van der Waals surface area contributed by atoms with Gasteiger partial charge in [0.1, 0.15) is 0 Å². The Labute approximate surface area is 231 Å². The monoisotopic (exact) mass is 540 g/mol. The van der Waals surface area contributed by atoms with Gasteiger partial charge in [0.15, 0.2) is 0 Å². The van der Waals surface area contributed by atoms with Crippen LogP contribution in [0.1, 0.15) is 108 Å². The molecule has 6 nitrogen and oxygen atoms in total. The first-order chi connectivity index (χ1) is 16.7. The standard InChI is InChI=1S/C30H52N2O4.ClH/c1-10-12-15-32-28(34)20(5)16-26(33)25(31)18-23(19(3)4)17-22-13-14-24(30(7,8)9)27(21(22)6)29(35)36-11-2;/h13-14,19-20,23,25-26,33H,10-12,15-18,31H2,1-9H3,(H,32,34);1H/t20-,23+,25+,26+;/m1./s1. The molecular weight excluding hydrogens is 488 g/mol. The molecule has 1 rings (SSSR count). The zero-order valence-electron chi connectivity index (χ0n) is 24.6. The van der Waals surface area contributed by atoms with Gasteiger partial charge >= 0.3 is 5.97 Å². The van der Waals surface area contributed by atoms with Crippen molar-refractivity contribution in [1.29, 1.82) is 0 Å². The minimum Gasteiger partial charge on any atom is -0.462 e. The normalized spacial score (nSPS) is 14.9. The summed E-state index contributed by atoms with van der Waals surface area (Å²) in [6.45, 7) is 19.4. The van der Waals surface area contributed by atoms with Crippen molar-refractivity contribution in [3.63, 3.8) is 0 Å². The van der Waals surface area contributed by atoms with E-state index in [1.54, 1.807) is 0 Å². The molecule has 0 saturated heterocycles. The maximum absolute atomic E-state index is 12.9. The summed E-state index contributed by atoms with van der Waals surface area (Å²) in [6.07, 6.45) is 2.96. The molecule has 0 bridgehead atoms. The number of halogens is 1. The smallest absolute Gasteiger partial charge is 0.338 e. The summed E-state index contributed by atoms with van der Waals surface area (Å²) >= 11 is 0. The zero-order valence-corrected chi connectivity index (χ0v) is 25.5. The molecule has 0 unspecified atom stereocenters. The van der Waals surface area contributed by atoms with Gasteiger partial charge in [-0.1, -0.05) is 67.0 Å². The first kappa shape index (κ1) is 35.4. The van der Waals surface area contributed by atoms with Crippen LogP contribution in [0.4, 0.5) is 0 Å². The lowest BCUT2D eigenvalue weighted by Crippen LogP contribution is -2.41. The molecule has 7 heteroatoms. The number of hydrogen-bond acceptors (Lipinski definition) is 5. The van der Waals surface area contributed by atoms with Gasteiger partial charge in [0.25, 0.3) is 0 Å². The molecule has 0 aliphatic rings. The second-order valence-electron chi connectivity index (χ2n) is 11.7. The summed E-state index contributed by atoms with van der Waals surface area (Å²) in [5.74, 6) is -0.0413. The third-order valence-corrected chi connectivity index (χ3v) is 7.23. The summed E-state index contributed by atoms with van der Waals surface area (Å²) in [4.78, 5) is 25.2. The van der Waals surface area contributed by atoms with Crippen molar-refractivity contribution in [1.82, 2.24) is 5.32 Å². The predicted octanol–water partition coefficient (Wildman–Crippen LogP) is 5.73. The number of carbonyl (C=O) groups is 2. The van der Waals surface area contributed by atoms with E-state index < -0.39 is 12.1 Å². The number of nitrogens with one attached hydrogen (secondary N) is 1. The highest BCUT2D eigenvalue weighted by atomic mass is 35.5. The van der Waals surface area contributed by atoms with Crippen LogP contribution in [0.25, 0.3) is 0 Å². The number of hydrogen-bond donors (Lipinski definition) is 3. The molecule has 0 aliphatic carbocycles. The Balaban J connectivity index is 0.0000130. The zero-order chi connectivity index (χ0) is 27.6. The molecule has 0 fully saturated rings. The fraction of sp³-hybridized carbons (Fsp3) is 0.733. The molecule has 214 valence electrons. The van der Waals surface area contributed by atoms with Gasteiger partial charge in [0.2, 0.25) is 5.91 Å². The average Bonchev–Trinajstić information content (AvgIpc) is 2.78. The Morgan fingerprint density at radius 3 is 2.24 bits per heavy atom. The van der Waals surface area contributed by atoms with Gasteiger partial charge in [-0.15, -0.1) is 12.4 Å². The van der Waals surface area contributed by atoms with Gasteiger partial charge < -0.3 is 20.9 Å². The Bertz CT molecular complexity index is 851. The van der Waals surface area contributed by atoms with E-state index in [4.69, 9.17) is 10.5 Å². The number of aliphatic hydroxyl groups excluding tert-OH is 1. The number of benzene rings is 1. The van der Waals surface area contributed by atoms with Crippen molar-refractivity contribution in [2.24, 2.45) is 23.5 Å². The topological polar surface area (TPSA) is 102 Å². The van der Waals surface area contributed by atoms with Crippen molar-refractivity contribution in [3.05, 3.63) is 34.4 Å². The summed E-state index contributed by atoms with van der Waals surface area (Å²) in [5, 5.41) is 13.7. The van der Waals surface area contributed by atoms with Crippen LogP contribution < -0.4 is 11.1 Å². The lowest BCUT2D eigenvalue weighted by Gasteiger charge is -2.30. The van der Waals surface area contributed by atoms with E-state index >= 15 is 0 Å². The van der Waals surface area contributed by atoms with Crippen molar-refractivity contribution >= 4 is 24.3 Å². The predicted molar refractivity (Wildman–Crippen MR) is 155 cm³/mol. The third-order valence-electron chi connectivity index (χ3n) is 7.23. The van der Waals surface area contributed by atoms with Crippen molar-refractivity contribution in [2.45, 2.75) is 112 Å². The maximum atomic E-state index is 12.9. The highest BCUT2D eigenvalue weighted by molar-refractivity contribution is 5.93. The fourth-order valence-electron chi connectivity index (χ4n) is 4.65. The number of ether oxygens (including phenoxy) is 1. The Hall–Kier alpha value is -1.63. The summed E-state index contributed by atoms with van der Waals surface area (Å²) in [5.41, 5.74) is 9.99. The van der Waals surface area contributed by atoms with Gasteiger partial charge in [0.05, 0.1) is 18.3 Å². The van der Waals surface area contributed by atoms with Gasteiger partial charge in [-0.05, 0) is 73.5 Å². The van der Waals surface area contributed by atoms with Gasteiger partial charge in [-0.3, -0.25) is 4.79 Å². The number of amides is 1. The molecule has 1 amide bonds. The minimum atomic E-state index is -0.752. The van der Waals surface area contributed by atoms with E-state index in [0.29, 0.717) is 37.5 Å². The quantitative estimate of drug-likeness (QED) is 0.207. The number of esters is 1. The van der Waals surface area contributed by atoms with E-state index in [1.165, 1.54) is 0 Å². The molecule has 0 saturated carbocycles. The number of carbonyl (C=O) groups excluding carboxylic acids is 2. The molecule has 0 heterocycles. The molecule has 0 radical (unpaired) electrons. The molecule has 37 heavy (non-hydrogen) atoms. The van der Waals surface area contributed by atoms with Crippen LogP contribution in [0.2, 0.25) is 0 Å².